The molecular formula is C22H38N8O6. The molecule has 1 aromatic rings. The molecule has 1 aromatic heterocycles. The molecule has 0 aromatic carbocycles. The molecule has 0 saturated heterocycles. The van der Waals surface area contributed by atoms with E-state index in [0.717, 1.165) is 0 Å². The van der Waals surface area contributed by atoms with Gasteiger partial charge in [-0.1, -0.05) is 20.3 Å². The van der Waals surface area contributed by atoms with Crippen molar-refractivity contribution in [2.24, 2.45) is 23.1 Å². The van der Waals surface area contributed by atoms with E-state index in [4.69, 9.17) is 17.2 Å². The number of carbonyl (C=O) groups excluding carboxylic acids is 4. The molecule has 5 unspecified atom stereocenters. The van der Waals surface area contributed by atoms with E-state index >= 15 is 0 Å². The fourth-order valence-electron chi connectivity index (χ4n) is 3.38. The Labute approximate surface area is 209 Å². The van der Waals surface area contributed by atoms with Crippen LogP contribution in [0.25, 0.3) is 0 Å². The summed E-state index contributed by atoms with van der Waals surface area (Å²) in [6.07, 6.45) is 4.24. The van der Waals surface area contributed by atoms with Crippen LogP contribution in [0.2, 0.25) is 0 Å². The average Bonchev–Trinajstić information content (AvgIpc) is 3.33. The van der Waals surface area contributed by atoms with Crippen molar-refractivity contribution in [1.29, 1.82) is 0 Å². The second-order valence-electron chi connectivity index (χ2n) is 8.67. The van der Waals surface area contributed by atoms with Crippen LogP contribution >= 0.6 is 0 Å². The number of aromatic amines is 1. The summed E-state index contributed by atoms with van der Waals surface area (Å²) < 4.78 is 0. The van der Waals surface area contributed by atoms with E-state index < -0.39 is 60.2 Å². The first-order valence-corrected chi connectivity index (χ1v) is 11.8. The van der Waals surface area contributed by atoms with E-state index in [1.807, 2.05) is 6.92 Å². The fourth-order valence-corrected chi connectivity index (χ4v) is 3.38. The second kappa shape index (κ2) is 15.5. The number of amides is 4. The van der Waals surface area contributed by atoms with Crippen molar-refractivity contribution in [3.05, 3.63) is 18.2 Å². The molecule has 0 spiro atoms. The van der Waals surface area contributed by atoms with E-state index in [2.05, 4.69) is 25.9 Å². The first-order chi connectivity index (χ1) is 17.0. The third-order valence-electron chi connectivity index (χ3n) is 5.72. The highest BCUT2D eigenvalue weighted by molar-refractivity contribution is 5.95. The van der Waals surface area contributed by atoms with Crippen molar-refractivity contribution in [3.8, 4) is 0 Å². The van der Waals surface area contributed by atoms with Crippen LogP contribution in [-0.2, 0) is 30.4 Å². The number of nitrogens with two attached hydrogens (primary N) is 3. The molecule has 4 amide bonds. The summed E-state index contributed by atoms with van der Waals surface area (Å²) in [4.78, 5) is 68.0. The number of carboxylic acids is 1. The number of aromatic nitrogens is 2. The highest BCUT2D eigenvalue weighted by Gasteiger charge is 2.33. The minimum absolute atomic E-state index is 0.0300. The van der Waals surface area contributed by atoms with Gasteiger partial charge in [-0.15, -0.1) is 0 Å². The number of nitrogens with zero attached hydrogens (tertiary/aromatic N) is 1. The van der Waals surface area contributed by atoms with E-state index in [1.54, 1.807) is 6.92 Å². The molecule has 1 heterocycles. The lowest BCUT2D eigenvalue weighted by molar-refractivity contribution is -0.142. The standard InChI is InChI=1S/C22H38N8O6/c1-3-12(2)18(21(34)29-16(22(35)36)8-13-10-26-11-27-13)30-20(33)15(6-4-5-7-23)28-19(32)14(24)9-17(25)31/h10-12,14-16,18H,3-9,23-24H2,1-2H3,(H2,25,31)(H,26,27)(H,28,32)(H,29,34)(H,30,33)(H,35,36). The molecule has 0 bridgehead atoms. The predicted molar refractivity (Wildman–Crippen MR) is 130 cm³/mol. The molecule has 0 aliphatic rings. The van der Waals surface area contributed by atoms with Gasteiger partial charge in [0.1, 0.15) is 18.1 Å². The second-order valence-corrected chi connectivity index (χ2v) is 8.67. The van der Waals surface area contributed by atoms with Gasteiger partial charge in [0.2, 0.25) is 23.6 Å². The van der Waals surface area contributed by atoms with E-state index in [0.29, 0.717) is 31.5 Å². The number of hydrogen-bond acceptors (Lipinski definition) is 8. The molecule has 202 valence electrons. The molecule has 5 atom stereocenters. The van der Waals surface area contributed by atoms with Gasteiger partial charge in [0.25, 0.3) is 0 Å². The monoisotopic (exact) mass is 510 g/mol. The van der Waals surface area contributed by atoms with Crippen LogP contribution in [0, 0.1) is 5.92 Å². The number of aliphatic carboxylic acids is 1. The third-order valence-corrected chi connectivity index (χ3v) is 5.72. The highest BCUT2D eigenvalue weighted by Crippen LogP contribution is 2.11. The van der Waals surface area contributed by atoms with Gasteiger partial charge < -0.3 is 43.2 Å². The van der Waals surface area contributed by atoms with Crippen molar-refractivity contribution in [2.75, 3.05) is 6.54 Å². The number of imidazole rings is 1. The van der Waals surface area contributed by atoms with Gasteiger partial charge in [-0.25, -0.2) is 9.78 Å². The largest absolute Gasteiger partial charge is 0.480 e. The third kappa shape index (κ3) is 10.4. The molecule has 11 N–H and O–H groups in total. The minimum Gasteiger partial charge on any atom is -0.480 e. The maximum Gasteiger partial charge on any atom is 0.326 e. The maximum atomic E-state index is 13.1. The van der Waals surface area contributed by atoms with Crippen LogP contribution in [0.15, 0.2) is 12.5 Å². The van der Waals surface area contributed by atoms with Gasteiger partial charge in [-0.05, 0) is 31.7 Å². The quantitative estimate of drug-likeness (QED) is 0.106. The van der Waals surface area contributed by atoms with Crippen molar-refractivity contribution < 1.29 is 29.1 Å². The van der Waals surface area contributed by atoms with Gasteiger partial charge in [0, 0.05) is 18.3 Å². The number of H-pyrrole nitrogens is 1. The molecule has 0 radical (unpaired) electrons. The summed E-state index contributed by atoms with van der Waals surface area (Å²) in [5.41, 5.74) is 16.8. The molecule has 0 fully saturated rings. The van der Waals surface area contributed by atoms with Crippen LogP contribution in [0.3, 0.4) is 0 Å². The van der Waals surface area contributed by atoms with Crippen LogP contribution in [0.1, 0.15) is 51.6 Å². The Bertz CT molecular complexity index is 878. The zero-order chi connectivity index (χ0) is 27.3. The predicted octanol–water partition coefficient (Wildman–Crippen LogP) is -2.13. The summed E-state index contributed by atoms with van der Waals surface area (Å²) in [5.74, 6) is -4.43. The lowest BCUT2D eigenvalue weighted by Gasteiger charge is -2.28. The summed E-state index contributed by atoms with van der Waals surface area (Å²) in [5, 5.41) is 17.2. The topological polar surface area (TPSA) is 248 Å². The molecule has 0 aliphatic carbocycles. The Morgan fingerprint density at radius 2 is 1.72 bits per heavy atom. The zero-order valence-electron chi connectivity index (χ0n) is 20.7. The maximum absolute atomic E-state index is 13.1. The lowest BCUT2D eigenvalue weighted by Crippen LogP contribution is -2.59. The SMILES string of the molecule is CCC(C)C(NC(=O)C(CCCCN)NC(=O)C(N)CC(N)=O)C(=O)NC(Cc1cnc[nH]1)C(=O)O. The first-order valence-electron chi connectivity index (χ1n) is 11.8. The van der Waals surface area contributed by atoms with Gasteiger partial charge in [-0.3, -0.25) is 19.2 Å². The van der Waals surface area contributed by atoms with Crippen molar-refractivity contribution in [1.82, 2.24) is 25.9 Å². The molecule has 0 saturated carbocycles. The van der Waals surface area contributed by atoms with Gasteiger partial charge in [0.05, 0.1) is 18.8 Å². The normalized spacial score (nSPS) is 15.1. The average molecular weight is 511 g/mol. The molecule has 14 nitrogen and oxygen atoms in total. The number of carbonyl (C=O) groups is 5. The van der Waals surface area contributed by atoms with Crippen molar-refractivity contribution >= 4 is 29.6 Å². The van der Waals surface area contributed by atoms with Gasteiger partial charge in [-0.2, -0.15) is 0 Å². The Morgan fingerprint density at radius 3 is 2.25 bits per heavy atom. The number of nitrogens with one attached hydrogen (secondary N) is 4. The number of carboxylic acid groups (broad SMARTS) is 1. The van der Waals surface area contributed by atoms with Crippen molar-refractivity contribution in [2.45, 2.75) is 76.5 Å². The minimum atomic E-state index is -1.26. The number of unbranched alkanes of at least 4 members (excludes halogenated alkanes) is 1. The zero-order valence-corrected chi connectivity index (χ0v) is 20.7. The van der Waals surface area contributed by atoms with Crippen molar-refractivity contribution in [3.63, 3.8) is 0 Å². The molecule has 1 rings (SSSR count). The Kier molecular flexibility index (Phi) is 13.1. The summed E-state index contributed by atoms with van der Waals surface area (Å²) >= 11 is 0. The fraction of sp³-hybridized carbons (Fsp3) is 0.636. The Balaban J connectivity index is 3.00. The Morgan fingerprint density at radius 1 is 1.06 bits per heavy atom. The van der Waals surface area contributed by atoms with Crippen LogP contribution < -0.4 is 33.2 Å². The van der Waals surface area contributed by atoms with E-state index in [-0.39, 0.29) is 18.8 Å². The first kappa shape index (κ1) is 30.5. The highest BCUT2D eigenvalue weighted by atomic mass is 16.4. The number of primary amides is 1. The lowest BCUT2D eigenvalue weighted by atomic mass is 9.96. The summed E-state index contributed by atoms with van der Waals surface area (Å²) in [7, 11) is 0. The van der Waals surface area contributed by atoms with Crippen LogP contribution in [-0.4, -0.2) is 75.4 Å². The van der Waals surface area contributed by atoms with Crippen LogP contribution in [0.5, 0.6) is 0 Å². The smallest absolute Gasteiger partial charge is 0.326 e. The molecule has 14 heteroatoms. The van der Waals surface area contributed by atoms with Gasteiger partial charge in [0.15, 0.2) is 0 Å². The van der Waals surface area contributed by atoms with E-state index in [1.165, 1.54) is 12.5 Å². The van der Waals surface area contributed by atoms with Gasteiger partial charge >= 0.3 is 5.97 Å². The van der Waals surface area contributed by atoms with E-state index in [9.17, 15) is 29.1 Å². The molecule has 36 heavy (non-hydrogen) atoms. The summed E-state index contributed by atoms with van der Waals surface area (Å²) in [6, 6.07) is -4.62. The molecule has 0 aliphatic heterocycles. The molecular weight excluding hydrogens is 472 g/mol. The summed E-state index contributed by atoms with van der Waals surface area (Å²) in [6.45, 7) is 3.94. The number of rotatable bonds is 17. The Hall–Kier alpha value is -3.52. The van der Waals surface area contributed by atoms with Crippen LogP contribution in [0.4, 0.5) is 0 Å². The number of hydrogen-bond donors (Lipinski definition) is 8.